The van der Waals surface area contributed by atoms with E-state index in [9.17, 15) is 27.6 Å². The molecule has 2 N–H and O–H groups in total. The van der Waals surface area contributed by atoms with Crippen molar-refractivity contribution in [2.45, 2.75) is 121 Å². The van der Waals surface area contributed by atoms with Gasteiger partial charge in [0.15, 0.2) is 0 Å². The van der Waals surface area contributed by atoms with E-state index < -0.39 is 57.2 Å². The van der Waals surface area contributed by atoms with E-state index in [2.05, 4.69) is 31.4 Å². The van der Waals surface area contributed by atoms with Gasteiger partial charge in [-0.15, -0.1) is 0 Å². The van der Waals surface area contributed by atoms with Crippen molar-refractivity contribution in [1.29, 1.82) is 0 Å². The molecule has 1 saturated carbocycles. The molecule has 344 valence electrons. The normalized spacial score (nSPS) is 22.4. The number of aromatic nitrogens is 1. The minimum absolute atomic E-state index is 0.0403. The fraction of sp³-hybridized carbons (Fsp3) is 0.628. The zero-order valence-electron chi connectivity index (χ0n) is 36.8. The predicted molar refractivity (Wildman–Crippen MR) is 233 cm³/mol. The first-order valence-corrected chi connectivity index (χ1v) is 23.1. The lowest BCUT2D eigenvalue weighted by Gasteiger charge is -2.47. The molecule has 4 heterocycles. The van der Waals surface area contributed by atoms with Crippen molar-refractivity contribution in [3.8, 4) is 6.07 Å². The molecule has 3 saturated heterocycles. The van der Waals surface area contributed by atoms with Crippen molar-refractivity contribution >= 4 is 57.1 Å². The third-order valence-electron chi connectivity index (χ3n) is 11.5. The average Bonchev–Trinajstić information content (AvgIpc) is 3.56. The number of piperazine rings is 1. The van der Waals surface area contributed by atoms with Crippen LogP contribution in [0.3, 0.4) is 0 Å². The van der Waals surface area contributed by atoms with Crippen molar-refractivity contribution < 1.29 is 45.9 Å². The number of hydrogen-bond donors (Lipinski definition) is 2. The number of anilines is 2. The number of benzene rings is 1. The van der Waals surface area contributed by atoms with Gasteiger partial charge in [0.1, 0.15) is 34.1 Å². The third-order valence-corrected chi connectivity index (χ3v) is 13.6. The van der Waals surface area contributed by atoms with Crippen LogP contribution in [0.15, 0.2) is 41.3 Å². The minimum atomic E-state index is -3.93. The molecule has 0 radical (unpaired) electrons. The Morgan fingerprint density at radius 2 is 1.54 bits per heavy atom. The molecule has 2 unspecified atom stereocenters. The lowest BCUT2D eigenvalue weighted by molar-refractivity contribution is -0.125. The number of nitrogens with zero attached hydrogens (tertiary/aromatic N) is 6. The van der Waals surface area contributed by atoms with Crippen LogP contribution in [0.4, 0.5) is 29.9 Å². The Balaban J connectivity index is 0.975. The second-order valence-corrected chi connectivity index (χ2v) is 21.0. The number of hydrogen-bond acceptors (Lipinski definition) is 11. The van der Waals surface area contributed by atoms with Gasteiger partial charge in [-0.2, -0.15) is 9.10 Å². The van der Waals surface area contributed by atoms with Gasteiger partial charge in [-0.1, -0.05) is 11.6 Å². The van der Waals surface area contributed by atoms with Gasteiger partial charge in [0.05, 0.1) is 15.8 Å². The largest absolute Gasteiger partial charge is 0.728 e. The Morgan fingerprint density at radius 3 is 2.14 bits per heavy atom. The Bertz CT molecular complexity index is 2210. The lowest BCUT2D eigenvalue weighted by Crippen LogP contribution is -2.64. The van der Waals surface area contributed by atoms with Gasteiger partial charge in [0.2, 0.25) is 21.8 Å². The van der Waals surface area contributed by atoms with E-state index in [4.69, 9.17) is 21.1 Å². The maximum atomic E-state index is 16.2. The molecule has 3 aliphatic heterocycles. The van der Waals surface area contributed by atoms with Crippen LogP contribution in [-0.2, 0) is 35.0 Å². The highest BCUT2D eigenvalue weighted by molar-refractivity contribution is 7.89. The molecule has 2 aromatic rings. The van der Waals surface area contributed by atoms with Gasteiger partial charge >= 0.3 is 12.2 Å². The Kier molecular flexibility index (Phi) is 14.3. The van der Waals surface area contributed by atoms with Gasteiger partial charge in [-0.05, 0) is 111 Å². The molecular weight excluding hydrogens is 862 g/mol. The van der Waals surface area contributed by atoms with Crippen LogP contribution in [0.25, 0.3) is 4.85 Å². The summed E-state index contributed by atoms with van der Waals surface area (Å²) in [5, 5.41) is 5.39. The van der Waals surface area contributed by atoms with Crippen molar-refractivity contribution in [1.82, 2.24) is 24.8 Å². The highest BCUT2D eigenvalue weighted by Crippen LogP contribution is 2.46. The standard InChI is InChI=1S/C43H57ClF2N8O8S/c1-27(48-40(58)62-42(5,6)7)38(56)49-31-25-52(26-31)32-10-8-29(9-11-32)43(45,46)30-21-35(44)50-36(22-30)51-16-18-53(19-17-51)63(59,60)34-14-12-33(13-15-34)54-24-28(20-37(54)55)23-47-39(57)61-41(2,3)4/h12-15,21-22,27-29,31-32H,8-11,16-20,24-26H2,1-7H3,(H-,48,49,56,58)/p+1. The molecule has 1 aromatic carbocycles. The first-order valence-electron chi connectivity index (χ1n) is 21.3. The van der Waals surface area contributed by atoms with E-state index in [1.165, 1.54) is 33.5 Å². The number of nitrogens with one attached hydrogen (secondary N) is 2. The van der Waals surface area contributed by atoms with Crippen LogP contribution in [-0.4, -0.2) is 122 Å². The van der Waals surface area contributed by atoms with Gasteiger partial charge < -0.3 is 29.9 Å². The fourth-order valence-electron chi connectivity index (χ4n) is 8.23. The Labute approximate surface area is 372 Å². The van der Waals surface area contributed by atoms with Gasteiger partial charge in [-0.25, -0.2) is 27.0 Å². The van der Waals surface area contributed by atoms with Crippen LogP contribution >= 0.6 is 11.6 Å². The molecule has 4 fully saturated rings. The second-order valence-electron chi connectivity index (χ2n) is 18.7. The van der Waals surface area contributed by atoms with E-state index in [1.54, 1.807) is 65.5 Å². The van der Waals surface area contributed by atoms with Crippen LogP contribution in [0.1, 0.15) is 86.1 Å². The average molecular weight is 921 g/mol. The molecule has 1 aliphatic carbocycles. The van der Waals surface area contributed by atoms with E-state index >= 15 is 8.78 Å². The highest BCUT2D eigenvalue weighted by atomic mass is 35.5. The van der Waals surface area contributed by atoms with Gasteiger partial charge in [0.25, 0.3) is 12.0 Å². The molecule has 0 bridgehead atoms. The smallest absolute Gasteiger partial charge is 0.444 e. The minimum Gasteiger partial charge on any atom is -0.444 e. The van der Waals surface area contributed by atoms with E-state index in [-0.39, 0.29) is 84.5 Å². The molecule has 1 aromatic heterocycles. The van der Waals surface area contributed by atoms with E-state index in [0.29, 0.717) is 44.5 Å². The van der Waals surface area contributed by atoms with Crippen LogP contribution < -0.4 is 20.4 Å². The maximum absolute atomic E-state index is 16.2. The van der Waals surface area contributed by atoms with Crippen molar-refractivity contribution in [3.05, 3.63) is 52.0 Å². The molecule has 63 heavy (non-hydrogen) atoms. The van der Waals surface area contributed by atoms with Crippen LogP contribution in [0, 0.1) is 17.9 Å². The molecule has 2 atom stereocenters. The number of ether oxygens (including phenoxy) is 2. The molecule has 6 rings (SSSR count). The molecule has 16 nitrogen and oxygen atoms in total. The summed E-state index contributed by atoms with van der Waals surface area (Å²) in [5.74, 6) is -4.82. The lowest BCUT2D eigenvalue weighted by atomic mass is 9.79. The second kappa shape index (κ2) is 18.8. The quantitative estimate of drug-likeness (QED) is 0.259. The number of amides is 4. The van der Waals surface area contributed by atoms with Crippen molar-refractivity contribution in [2.75, 3.05) is 55.6 Å². The Hall–Kier alpha value is -4.64. The number of alkyl carbamates (subject to hydrolysis) is 1. The number of sulfonamides is 1. The topological polar surface area (TPSA) is 175 Å². The zero-order chi connectivity index (χ0) is 46.1. The maximum Gasteiger partial charge on any atom is 0.728 e. The number of halogens is 3. The summed E-state index contributed by atoms with van der Waals surface area (Å²) in [6.45, 7) is 13.9. The molecule has 4 aliphatic rings. The summed E-state index contributed by atoms with van der Waals surface area (Å²) < 4.78 is 71.4. The summed E-state index contributed by atoms with van der Waals surface area (Å²) in [4.78, 5) is 62.9. The summed E-state index contributed by atoms with van der Waals surface area (Å²) in [6, 6.07) is 10.5. The van der Waals surface area contributed by atoms with Crippen LogP contribution in [0.5, 0.6) is 0 Å². The molecule has 0 spiro atoms. The molecule has 4 amide bonds. The number of pyridine rings is 1. The predicted octanol–water partition coefficient (Wildman–Crippen LogP) is 6.23. The SMILES string of the molecule is CC(NC(=O)OC(C)(C)C)C(=O)NC1CN(C2CCC(C(F)(F)c3cc(Cl)nc(N4CCN(S(=O)(=O)c5ccc(N6CC(C#[N+]C(=O)OC(C)(C)C)CC6=O)cc5)CC4)c3)CC2)C1. The van der Waals surface area contributed by atoms with Crippen LogP contribution in [0.2, 0.25) is 5.15 Å². The number of rotatable bonds is 10. The summed E-state index contributed by atoms with van der Waals surface area (Å²) in [6.07, 6.45) is 0.363. The number of likely N-dealkylation sites (tertiary alicyclic amines) is 1. The third kappa shape index (κ3) is 12.1. The highest BCUT2D eigenvalue weighted by Gasteiger charge is 2.46. The van der Waals surface area contributed by atoms with E-state index in [1.807, 2.05) is 0 Å². The fourth-order valence-corrected chi connectivity index (χ4v) is 9.86. The number of carbonyl (C=O) groups is 4. The summed E-state index contributed by atoms with van der Waals surface area (Å²) >= 11 is 6.34. The zero-order valence-corrected chi connectivity index (χ0v) is 38.4. The molecule has 20 heteroatoms. The number of alkyl halides is 2. The van der Waals surface area contributed by atoms with Gasteiger partial charge in [-0.3, -0.25) is 14.5 Å². The summed E-state index contributed by atoms with van der Waals surface area (Å²) in [7, 11) is -3.93. The van der Waals surface area contributed by atoms with Gasteiger partial charge in [0, 0.05) is 75.4 Å². The first-order chi connectivity index (χ1) is 29.4. The Morgan fingerprint density at radius 1 is 0.921 bits per heavy atom. The van der Waals surface area contributed by atoms with Crippen molar-refractivity contribution in [2.24, 2.45) is 11.8 Å². The first kappa shape index (κ1) is 47.8. The monoisotopic (exact) mass is 919 g/mol. The van der Waals surface area contributed by atoms with E-state index in [0.717, 1.165) is 0 Å². The van der Waals surface area contributed by atoms with Crippen molar-refractivity contribution in [3.63, 3.8) is 0 Å². The summed E-state index contributed by atoms with van der Waals surface area (Å²) in [5.41, 5.74) is -1.14. The number of carbonyl (C=O) groups excluding carboxylic acids is 4. The molecular formula is C43H58ClF2N8O8S+.